The van der Waals surface area contributed by atoms with Crippen molar-refractivity contribution in [2.24, 2.45) is 0 Å². The fourth-order valence-corrected chi connectivity index (χ4v) is 5.05. The highest BCUT2D eigenvalue weighted by Crippen LogP contribution is 2.36. The molecule has 0 N–H and O–H groups in total. The van der Waals surface area contributed by atoms with Crippen LogP contribution in [0.2, 0.25) is 0 Å². The first kappa shape index (κ1) is 27.7. The predicted molar refractivity (Wildman–Crippen MR) is 178 cm³/mol. The van der Waals surface area contributed by atoms with E-state index in [2.05, 4.69) is 131 Å². The molecule has 43 heavy (non-hydrogen) atoms. The summed E-state index contributed by atoms with van der Waals surface area (Å²) in [5, 5.41) is 0. The van der Waals surface area contributed by atoms with Crippen LogP contribution in [0.3, 0.4) is 0 Å². The van der Waals surface area contributed by atoms with E-state index >= 15 is 0 Å². The first-order chi connectivity index (χ1) is 21.2. The Morgan fingerprint density at radius 1 is 0.395 bits per heavy atom. The van der Waals surface area contributed by atoms with Crippen LogP contribution in [0.25, 0.3) is 0 Å². The maximum atomic E-state index is 6.21. The standard InChI is InChI=1S/C39H34N2O2/c1-31(43-39-28-24-37(25-29-39)41(34-18-10-4-11-19-34)35-20-12-5-13-21-35)30-42-38-26-22-36(23-27-38)40(32-14-6-2-7-15-32)33-16-8-3-9-17-33/h2-29,31H,30H2,1H3. The van der Waals surface area contributed by atoms with Crippen molar-refractivity contribution in [1.82, 2.24) is 0 Å². The molecule has 6 aromatic carbocycles. The SMILES string of the molecule is CC(COc1ccc(N(c2ccccc2)c2ccccc2)cc1)Oc1ccc(N(c2ccccc2)c2ccccc2)cc1. The van der Waals surface area contributed by atoms with Crippen molar-refractivity contribution >= 4 is 34.1 Å². The molecule has 0 saturated carbocycles. The largest absolute Gasteiger partial charge is 0.490 e. The molecule has 0 radical (unpaired) electrons. The Morgan fingerprint density at radius 2 is 0.698 bits per heavy atom. The number of para-hydroxylation sites is 4. The number of ether oxygens (including phenoxy) is 2. The van der Waals surface area contributed by atoms with Crippen LogP contribution < -0.4 is 19.3 Å². The molecule has 0 bridgehead atoms. The summed E-state index contributed by atoms with van der Waals surface area (Å²) in [6.45, 7) is 2.46. The minimum Gasteiger partial charge on any atom is -0.490 e. The smallest absolute Gasteiger partial charge is 0.130 e. The molecule has 0 heterocycles. The minimum atomic E-state index is -0.130. The molecule has 0 aliphatic carbocycles. The van der Waals surface area contributed by atoms with Gasteiger partial charge in [-0.1, -0.05) is 72.8 Å². The van der Waals surface area contributed by atoms with Crippen LogP contribution in [0.4, 0.5) is 34.1 Å². The van der Waals surface area contributed by atoms with E-state index < -0.39 is 0 Å². The second-order valence-corrected chi connectivity index (χ2v) is 10.2. The Balaban J connectivity index is 1.10. The fourth-order valence-electron chi connectivity index (χ4n) is 5.05. The molecular formula is C39H34N2O2. The maximum Gasteiger partial charge on any atom is 0.130 e. The van der Waals surface area contributed by atoms with Gasteiger partial charge in [0.25, 0.3) is 0 Å². The summed E-state index contributed by atoms with van der Waals surface area (Å²) >= 11 is 0. The lowest BCUT2D eigenvalue weighted by Crippen LogP contribution is -2.21. The highest BCUT2D eigenvalue weighted by molar-refractivity contribution is 5.77. The fraction of sp³-hybridized carbons (Fsp3) is 0.0769. The lowest BCUT2D eigenvalue weighted by molar-refractivity contribution is 0.143. The van der Waals surface area contributed by atoms with E-state index in [0.717, 1.165) is 45.6 Å². The highest BCUT2D eigenvalue weighted by Gasteiger charge is 2.14. The van der Waals surface area contributed by atoms with Crippen LogP contribution in [0, 0.1) is 0 Å². The Bertz CT molecular complexity index is 1600. The second kappa shape index (κ2) is 13.5. The zero-order valence-electron chi connectivity index (χ0n) is 24.2. The number of rotatable bonds is 11. The summed E-state index contributed by atoms with van der Waals surface area (Å²) in [6.07, 6.45) is -0.130. The van der Waals surface area contributed by atoms with Crippen LogP contribution in [-0.4, -0.2) is 12.7 Å². The molecule has 1 atom stereocenters. The molecule has 4 nitrogen and oxygen atoms in total. The van der Waals surface area contributed by atoms with Crippen molar-refractivity contribution in [1.29, 1.82) is 0 Å². The molecular weight excluding hydrogens is 528 g/mol. The summed E-state index contributed by atoms with van der Waals surface area (Å²) in [6, 6.07) is 57.9. The van der Waals surface area contributed by atoms with Crippen molar-refractivity contribution < 1.29 is 9.47 Å². The van der Waals surface area contributed by atoms with E-state index in [1.165, 1.54) is 0 Å². The summed E-state index contributed by atoms with van der Waals surface area (Å²) < 4.78 is 12.3. The molecule has 0 spiro atoms. The molecule has 0 saturated heterocycles. The van der Waals surface area contributed by atoms with Gasteiger partial charge in [-0.25, -0.2) is 0 Å². The van der Waals surface area contributed by atoms with E-state index in [0.29, 0.717) is 6.61 Å². The first-order valence-electron chi connectivity index (χ1n) is 14.5. The van der Waals surface area contributed by atoms with Gasteiger partial charge in [0.2, 0.25) is 0 Å². The van der Waals surface area contributed by atoms with Crippen LogP contribution in [0.5, 0.6) is 11.5 Å². The molecule has 0 fully saturated rings. The Labute approximate surface area is 254 Å². The normalized spacial score (nSPS) is 11.4. The quantitative estimate of drug-likeness (QED) is 0.157. The Kier molecular flexibility index (Phi) is 8.66. The number of hydrogen-bond donors (Lipinski definition) is 0. The van der Waals surface area contributed by atoms with Gasteiger partial charge in [0, 0.05) is 34.1 Å². The van der Waals surface area contributed by atoms with Crippen molar-refractivity contribution in [2.45, 2.75) is 13.0 Å². The second-order valence-electron chi connectivity index (χ2n) is 10.2. The van der Waals surface area contributed by atoms with Gasteiger partial charge in [0.15, 0.2) is 0 Å². The molecule has 0 aromatic heterocycles. The molecule has 4 heteroatoms. The van der Waals surface area contributed by atoms with E-state index in [-0.39, 0.29) is 6.10 Å². The number of hydrogen-bond acceptors (Lipinski definition) is 4. The monoisotopic (exact) mass is 562 g/mol. The van der Waals surface area contributed by atoms with E-state index in [1.54, 1.807) is 0 Å². The Hall–Kier alpha value is -5.48. The van der Waals surface area contributed by atoms with E-state index in [4.69, 9.17) is 9.47 Å². The van der Waals surface area contributed by atoms with Crippen LogP contribution in [-0.2, 0) is 0 Å². The number of benzene rings is 6. The van der Waals surface area contributed by atoms with Crippen molar-refractivity contribution in [3.8, 4) is 11.5 Å². The van der Waals surface area contributed by atoms with Crippen LogP contribution >= 0.6 is 0 Å². The summed E-state index contributed by atoms with van der Waals surface area (Å²) in [5.41, 5.74) is 6.54. The Morgan fingerprint density at radius 3 is 1.05 bits per heavy atom. The van der Waals surface area contributed by atoms with Gasteiger partial charge in [0.05, 0.1) is 0 Å². The lowest BCUT2D eigenvalue weighted by atomic mass is 10.2. The average molecular weight is 563 g/mol. The van der Waals surface area contributed by atoms with Gasteiger partial charge in [-0.15, -0.1) is 0 Å². The van der Waals surface area contributed by atoms with Crippen molar-refractivity contribution in [3.63, 3.8) is 0 Å². The van der Waals surface area contributed by atoms with E-state index in [1.807, 2.05) is 55.5 Å². The average Bonchev–Trinajstić information content (AvgIpc) is 3.07. The van der Waals surface area contributed by atoms with Gasteiger partial charge < -0.3 is 19.3 Å². The zero-order valence-corrected chi connectivity index (χ0v) is 24.2. The van der Waals surface area contributed by atoms with Crippen LogP contribution in [0.1, 0.15) is 6.92 Å². The van der Waals surface area contributed by atoms with Gasteiger partial charge in [-0.2, -0.15) is 0 Å². The van der Waals surface area contributed by atoms with Gasteiger partial charge in [-0.3, -0.25) is 0 Å². The summed E-state index contributed by atoms with van der Waals surface area (Å²) in [4.78, 5) is 4.46. The zero-order chi connectivity index (χ0) is 29.3. The third kappa shape index (κ3) is 6.88. The topological polar surface area (TPSA) is 24.9 Å². The molecule has 6 rings (SSSR count). The molecule has 0 amide bonds. The molecule has 1 unspecified atom stereocenters. The minimum absolute atomic E-state index is 0.130. The third-order valence-electron chi connectivity index (χ3n) is 7.07. The predicted octanol–water partition coefficient (Wildman–Crippen LogP) is 10.5. The van der Waals surface area contributed by atoms with Gasteiger partial charge in [-0.05, 0) is 104 Å². The van der Waals surface area contributed by atoms with Crippen molar-refractivity contribution in [2.75, 3.05) is 16.4 Å². The van der Waals surface area contributed by atoms with Crippen LogP contribution in [0.15, 0.2) is 170 Å². The first-order valence-corrected chi connectivity index (χ1v) is 14.5. The lowest BCUT2D eigenvalue weighted by Gasteiger charge is -2.26. The maximum absolute atomic E-state index is 6.21. The third-order valence-corrected chi connectivity index (χ3v) is 7.07. The number of nitrogens with zero attached hydrogens (tertiary/aromatic N) is 2. The van der Waals surface area contributed by atoms with Gasteiger partial charge >= 0.3 is 0 Å². The van der Waals surface area contributed by atoms with E-state index in [9.17, 15) is 0 Å². The molecule has 0 aliphatic heterocycles. The van der Waals surface area contributed by atoms with Gasteiger partial charge in [0.1, 0.15) is 24.2 Å². The van der Waals surface area contributed by atoms with Crippen molar-refractivity contribution in [3.05, 3.63) is 170 Å². The highest BCUT2D eigenvalue weighted by atomic mass is 16.5. The molecule has 212 valence electrons. The number of anilines is 6. The summed E-state index contributed by atoms with van der Waals surface area (Å²) in [5.74, 6) is 1.61. The molecule has 0 aliphatic rings. The summed E-state index contributed by atoms with van der Waals surface area (Å²) in [7, 11) is 0. The molecule has 6 aromatic rings.